The van der Waals surface area contributed by atoms with Crippen LogP contribution >= 0.6 is 11.6 Å². The predicted octanol–water partition coefficient (Wildman–Crippen LogP) is 5.08. The summed E-state index contributed by atoms with van der Waals surface area (Å²) in [5, 5.41) is 5.17. The quantitative estimate of drug-likeness (QED) is 0.512. The van der Waals surface area contributed by atoms with Crippen LogP contribution in [-0.2, 0) is 17.7 Å². The summed E-state index contributed by atoms with van der Waals surface area (Å²) < 4.78 is 82.0. The van der Waals surface area contributed by atoms with Gasteiger partial charge in [-0.3, -0.25) is 4.90 Å². The average molecular weight is 525 g/mol. The molecule has 1 aromatic heterocycles. The normalized spacial score (nSPS) is 21.1. The first-order valence-electron chi connectivity index (χ1n) is 11.0. The lowest BCUT2D eigenvalue weighted by atomic mass is 10.0. The number of aromatic nitrogens is 2. The highest BCUT2D eigenvalue weighted by atomic mass is 35.5. The lowest BCUT2D eigenvalue weighted by Crippen LogP contribution is -2.48. The molecule has 2 atom stereocenters. The maximum atomic E-state index is 12.7. The smallest absolute Gasteiger partial charge is 0.426 e. The number of likely N-dealkylation sites (tertiary alicyclic amines) is 2. The number of carbonyl (C=O) groups is 1. The van der Waals surface area contributed by atoms with Gasteiger partial charge in [0, 0.05) is 32.7 Å². The molecule has 2 aromatic rings. The van der Waals surface area contributed by atoms with Gasteiger partial charge in [0.15, 0.2) is 0 Å². The number of aryl methyl sites for hydroxylation is 1. The first kappa shape index (κ1) is 25.6. The zero-order valence-corrected chi connectivity index (χ0v) is 19.4. The molecule has 0 saturated carbocycles. The fourth-order valence-corrected chi connectivity index (χ4v) is 4.90. The van der Waals surface area contributed by atoms with Crippen molar-refractivity contribution in [2.24, 2.45) is 11.8 Å². The number of benzene rings is 1. The summed E-state index contributed by atoms with van der Waals surface area (Å²) in [6.07, 6.45) is -16.5. The van der Waals surface area contributed by atoms with E-state index in [9.17, 15) is 31.1 Å². The second-order valence-electron chi connectivity index (χ2n) is 8.81. The number of amides is 1. The van der Waals surface area contributed by atoms with E-state index in [1.54, 1.807) is 10.7 Å². The van der Waals surface area contributed by atoms with E-state index in [4.69, 9.17) is 11.6 Å². The second kappa shape index (κ2) is 9.53. The molecule has 0 N–H and O–H groups in total. The van der Waals surface area contributed by atoms with E-state index in [0.29, 0.717) is 24.7 Å². The topological polar surface area (TPSA) is 50.6 Å². The Balaban J connectivity index is 1.40. The van der Waals surface area contributed by atoms with Gasteiger partial charge in [-0.15, -0.1) is 0 Å². The molecule has 2 aliphatic rings. The predicted molar refractivity (Wildman–Crippen MR) is 114 cm³/mol. The van der Waals surface area contributed by atoms with Crippen molar-refractivity contribution >= 4 is 17.7 Å². The van der Waals surface area contributed by atoms with Crippen molar-refractivity contribution in [3.8, 4) is 5.69 Å². The Labute approximate surface area is 202 Å². The molecule has 0 aliphatic carbocycles. The summed E-state index contributed by atoms with van der Waals surface area (Å²) >= 11 is 6.35. The zero-order valence-electron chi connectivity index (χ0n) is 18.6. The molecule has 0 bridgehead atoms. The van der Waals surface area contributed by atoms with Crippen molar-refractivity contribution in [2.45, 2.75) is 38.3 Å². The Hall–Kier alpha value is -2.47. The van der Waals surface area contributed by atoms with E-state index in [1.165, 1.54) is 0 Å². The lowest BCUT2D eigenvalue weighted by molar-refractivity contribution is -0.308. The van der Waals surface area contributed by atoms with Crippen LogP contribution < -0.4 is 0 Å². The fraction of sp³-hybridized carbons (Fsp3) is 0.545. The van der Waals surface area contributed by atoms with E-state index in [0.717, 1.165) is 28.4 Å². The fourth-order valence-electron chi connectivity index (χ4n) is 4.68. The Morgan fingerprint density at radius 2 is 1.69 bits per heavy atom. The molecule has 2 saturated heterocycles. The summed E-state index contributed by atoms with van der Waals surface area (Å²) in [5.74, 6) is -0.166. The Kier molecular flexibility index (Phi) is 6.98. The number of carbonyl (C=O) groups excluding carboxylic acids is 1. The number of ether oxygens (including phenoxy) is 1. The number of fused-ring (bicyclic) bond motifs is 1. The maximum Gasteiger partial charge on any atom is 0.434 e. The van der Waals surface area contributed by atoms with Gasteiger partial charge in [-0.05, 0) is 36.5 Å². The number of halogens is 7. The Morgan fingerprint density at radius 1 is 1.09 bits per heavy atom. The largest absolute Gasteiger partial charge is 0.434 e. The van der Waals surface area contributed by atoms with E-state index < -0.39 is 24.5 Å². The van der Waals surface area contributed by atoms with Crippen LogP contribution in [0.2, 0.25) is 5.02 Å². The van der Waals surface area contributed by atoms with Crippen LogP contribution in [0.1, 0.15) is 18.3 Å². The molecule has 3 heterocycles. The molecule has 0 spiro atoms. The molecule has 2 aliphatic heterocycles. The summed E-state index contributed by atoms with van der Waals surface area (Å²) in [6.45, 7) is 3.65. The van der Waals surface area contributed by atoms with Crippen molar-refractivity contribution in [3.05, 3.63) is 46.7 Å². The van der Waals surface area contributed by atoms with Gasteiger partial charge in [-0.1, -0.05) is 30.7 Å². The standard InChI is InChI=1S/C22H23ClF6N4O2/c1-2-15-7-16(33(30-15)18-6-4-3-5-17(18)23)12-31-8-13-10-32(11-14(13)9-31)20(34)35-19(21(24,25)26)22(27,28)29/h3-7,13-14,19H,2,8-12H2,1H3. The number of hydrogen-bond donors (Lipinski definition) is 0. The Morgan fingerprint density at radius 3 is 2.23 bits per heavy atom. The van der Waals surface area contributed by atoms with E-state index in [2.05, 4.69) is 14.7 Å². The first-order chi connectivity index (χ1) is 16.4. The zero-order chi connectivity index (χ0) is 25.5. The monoisotopic (exact) mass is 524 g/mol. The minimum Gasteiger partial charge on any atom is -0.426 e. The SMILES string of the molecule is CCc1cc(CN2CC3CN(C(=O)OC(C(F)(F)F)C(F)(F)F)CC3C2)n(-c2ccccc2Cl)n1. The highest BCUT2D eigenvalue weighted by molar-refractivity contribution is 6.32. The molecule has 1 aromatic carbocycles. The third-order valence-corrected chi connectivity index (χ3v) is 6.62. The van der Waals surface area contributed by atoms with Crippen molar-refractivity contribution < 1.29 is 35.9 Å². The molecular weight excluding hydrogens is 502 g/mol. The van der Waals surface area contributed by atoms with Gasteiger partial charge in [0.05, 0.1) is 22.1 Å². The van der Waals surface area contributed by atoms with E-state index >= 15 is 0 Å². The summed E-state index contributed by atoms with van der Waals surface area (Å²) in [5.41, 5.74) is 2.53. The number of hydrogen-bond acceptors (Lipinski definition) is 4. The number of para-hydroxylation sites is 1. The van der Waals surface area contributed by atoms with Crippen LogP contribution in [0.25, 0.3) is 5.69 Å². The molecule has 1 amide bonds. The average Bonchev–Trinajstić information content (AvgIpc) is 3.44. The molecular formula is C22H23ClF6N4O2. The molecule has 4 rings (SSSR count). The maximum absolute atomic E-state index is 12.7. The number of alkyl halides is 6. The van der Waals surface area contributed by atoms with Crippen molar-refractivity contribution in [2.75, 3.05) is 26.2 Å². The molecule has 2 unspecified atom stereocenters. The number of nitrogens with zero attached hydrogens (tertiary/aromatic N) is 4. The van der Waals surface area contributed by atoms with E-state index in [1.807, 2.05) is 31.2 Å². The molecule has 6 nitrogen and oxygen atoms in total. The summed E-state index contributed by atoms with van der Waals surface area (Å²) in [7, 11) is 0. The van der Waals surface area contributed by atoms with Crippen molar-refractivity contribution in [1.29, 1.82) is 0 Å². The first-order valence-corrected chi connectivity index (χ1v) is 11.4. The van der Waals surface area contributed by atoms with Crippen molar-refractivity contribution in [3.63, 3.8) is 0 Å². The van der Waals surface area contributed by atoms with Gasteiger partial charge in [-0.2, -0.15) is 31.4 Å². The van der Waals surface area contributed by atoms with Crippen LogP contribution in [-0.4, -0.2) is 70.3 Å². The second-order valence-corrected chi connectivity index (χ2v) is 9.22. The lowest BCUT2D eigenvalue weighted by Gasteiger charge is -2.26. The highest BCUT2D eigenvalue weighted by Gasteiger charge is 2.60. The molecule has 2 fully saturated rings. The summed E-state index contributed by atoms with van der Waals surface area (Å²) in [4.78, 5) is 15.2. The van der Waals surface area contributed by atoms with Gasteiger partial charge in [-0.25, -0.2) is 9.48 Å². The highest BCUT2D eigenvalue weighted by Crippen LogP contribution is 2.38. The number of rotatable bonds is 5. The summed E-state index contributed by atoms with van der Waals surface area (Å²) in [6, 6.07) is 9.28. The molecule has 192 valence electrons. The van der Waals surface area contributed by atoms with Crippen LogP contribution in [0.5, 0.6) is 0 Å². The van der Waals surface area contributed by atoms with Crippen LogP contribution in [0, 0.1) is 11.8 Å². The Bertz CT molecular complexity index is 1040. The minimum atomic E-state index is -5.73. The van der Waals surface area contributed by atoms with Crippen molar-refractivity contribution in [1.82, 2.24) is 19.6 Å². The van der Waals surface area contributed by atoms with Gasteiger partial charge >= 0.3 is 18.4 Å². The van der Waals surface area contributed by atoms with Crippen LogP contribution in [0.4, 0.5) is 31.1 Å². The molecule has 35 heavy (non-hydrogen) atoms. The van der Waals surface area contributed by atoms with Crippen LogP contribution in [0.15, 0.2) is 30.3 Å². The van der Waals surface area contributed by atoms with Gasteiger partial charge in [0.25, 0.3) is 6.10 Å². The van der Waals surface area contributed by atoms with E-state index in [-0.39, 0.29) is 24.9 Å². The third-order valence-electron chi connectivity index (χ3n) is 6.30. The molecule has 0 radical (unpaired) electrons. The molecule has 13 heteroatoms. The van der Waals surface area contributed by atoms with Crippen LogP contribution in [0.3, 0.4) is 0 Å². The van der Waals surface area contributed by atoms with Gasteiger partial charge < -0.3 is 9.64 Å². The van der Waals surface area contributed by atoms with Gasteiger partial charge in [0.2, 0.25) is 0 Å². The minimum absolute atomic E-state index is 0.0341. The van der Waals surface area contributed by atoms with Gasteiger partial charge in [0.1, 0.15) is 0 Å². The third kappa shape index (κ3) is 5.53.